The summed E-state index contributed by atoms with van der Waals surface area (Å²) in [5, 5.41) is 13.8. The minimum absolute atomic E-state index is 0.00978. The Bertz CT molecular complexity index is 1680. The molecular weight excluding hydrogens is 476 g/mol. The van der Waals surface area contributed by atoms with E-state index in [0.29, 0.717) is 28.0 Å². The normalized spacial score (nSPS) is 16.2. The van der Waals surface area contributed by atoms with Gasteiger partial charge in [-0.3, -0.25) is 34.2 Å². The number of carbonyl (C=O) groups excluding carboxylic acids is 4. The highest BCUT2D eigenvalue weighted by molar-refractivity contribution is 6.32. The van der Waals surface area contributed by atoms with Gasteiger partial charge in [0.05, 0.1) is 45.1 Å². The molecule has 3 N–H and O–H groups in total. The second kappa shape index (κ2) is 7.82. The first-order valence-corrected chi connectivity index (χ1v) is 11.2. The molecule has 1 aliphatic carbocycles. The number of Topliss-reactive ketones (excluding diaryl/α,β-unsaturated/α-hetero) is 1. The van der Waals surface area contributed by atoms with Crippen molar-refractivity contribution >= 4 is 40.6 Å². The summed E-state index contributed by atoms with van der Waals surface area (Å²) in [6, 6.07) is 17.1. The molecule has 3 aromatic carbocycles. The number of fused-ring (bicyclic) bond motifs is 3. The van der Waals surface area contributed by atoms with Gasteiger partial charge in [0, 0.05) is 23.3 Å². The van der Waals surface area contributed by atoms with Crippen molar-refractivity contribution in [2.24, 2.45) is 5.73 Å². The van der Waals surface area contributed by atoms with E-state index in [1.165, 1.54) is 12.1 Å². The standard InChI is InChI=1S/C27H16N4O6/c28-22-16-3-1-2-4-17(16)24(32)21-20(22)25(33)29-23(21)14-7-5-13(6-8-14)12-30-26(34)18-10-9-15(31(36)37)11-19(18)27(30)35/h1-11H,12,28H2,(H,29,33). The molecule has 0 radical (unpaired) electrons. The molecule has 0 saturated carbocycles. The van der Waals surface area contributed by atoms with Gasteiger partial charge >= 0.3 is 0 Å². The van der Waals surface area contributed by atoms with Gasteiger partial charge in [0.25, 0.3) is 23.4 Å². The van der Waals surface area contributed by atoms with Crippen LogP contribution in [0.1, 0.15) is 47.8 Å². The summed E-state index contributed by atoms with van der Waals surface area (Å²) in [5.41, 5.74) is 9.10. The van der Waals surface area contributed by atoms with Gasteiger partial charge in [-0.1, -0.05) is 48.5 Å². The van der Waals surface area contributed by atoms with E-state index < -0.39 is 22.6 Å². The largest absolute Gasteiger partial charge is 0.398 e. The van der Waals surface area contributed by atoms with Crippen LogP contribution in [0.4, 0.5) is 5.69 Å². The molecule has 0 spiro atoms. The van der Waals surface area contributed by atoms with E-state index in [-0.39, 0.29) is 46.0 Å². The number of rotatable bonds is 4. The molecule has 0 bridgehead atoms. The number of hydrogen-bond donors (Lipinski definition) is 2. The third-order valence-electron chi connectivity index (χ3n) is 6.67. The first kappa shape index (κ1) is 22.1. The van der Waals surface area contributed by atoms with Crippen molar-refractivity contribution in [1.29, 1.82) is 0 Å². The predicted molar refractivity (Wildman–Crippen MR) is 131 cm³/mol. The number of nitrogens with zero attached hydrogens (tertiary/aromatic N) is 2. The highest BCUT2D eigenvalue weighted by Crippen LogP contribution is 2.39. The van der Waals surface area contributed by atoms with Gasteiger partial charge in [-0.15, -0.1) is 0 Å². The lowest BCUT2D eigenvalue weighted by Crippen LogP contribution is -2.29. The molecule has 3 aliphatic rings. The fourth-order valence-electron chi connectivity index (χ4n) is 4.86. The molecule has 37 heavy (non-hydrogen) atoms. The van der Waals surface area contributed by atoms with Crippen LogP contribution >= 0.6 is 0 Å². The molecule has 10 nitrogen and oxygen atoms in total. The van der Waals surface area contributed by atoms with Gasteiger partial charge < -0.3 is 11.1 Å². The van der Waals surface area contributed by atoms with Crippen molar-refractivity contribution in [2.75, 3.05) is 0 Å². The molecule has 3 amide bonds. The van der Waals surface area contributed by atoms with Crippen molar-refractivity contribution < 1.29 is 24.1 Å². The lowest BCUT2D eigenvalue weighted by atomic mass is 9.84. The predicted octanol–water partition coefficient (Wildman–Crippen LogP) is 2.80. The van der Waals surface area contributed by atoms with E-state index in [1.807, 2.05) is 0 Å². The monoisotopic (exact) mass is 492 g/mol. The lowest BCUT2D eigenvalue weighted by molar-refractivity contribution is -0.384. The van der Waals surface area contributed by atoms with E-state index >= 15 is 0 Å². The maximum Gasteiger partial charge on any atom is 0.270 e. The van der Waals surface area contributed by atoms with Gasteiger partial charge in [-0.25, -0.2) is 0 Å². The number of nitrogens with one attached hydrogen (secondary N) is 1. The molecule has 0 saturated heterocycles. The van der Waals surface area contributed by atoms with Crippen LogP contribution in [0.3, 0.4) is 0 Å². The Morgan fingerprint density at radius 1 is 0.811 bits per heavy atom. The first-order valence-electron chi connectivity index (χ1n) is 11.2. The average molecular weight is 492 g/mol. The van der Waals surface area contributed by atoms with Crippen LogP contribution in [0.2, 0.25) is 0 Å². The second-order valence-electron chi connectivity index (χ2n) is 8.75. The lowest BCUT2D eigenvalue weighted by Gasteiger charge is -2.18. The van der Waals surface area contributed by atoms with Crippen molar-refractivity contribution in [1.82, 2.24) is 10.2 Å². The Hall–Kier alpha value is -5.38. The van der Waals surface area contributed by atoms with Crippen LogP contribution in [0.5, 0.6) is 0 Å². The van der Waals surface area contributed by atoms with Crippen LogP contribution in [-0.2, 0) is 11.3 Å². The number of nitro groups is 1. The maximum atomic E-state index is 13.3. The first-order chi connectivity index (χ1) is 17.8. The number of benzene rings is 3. The molecule has 0 fully saturated rings. The van der Waals surface area contributed by atoms with Crippen LogP contribution in [0.15, 0.2) is 77.9 Å². The van der Waals surface area contributed by atoms with Gasteiger partial charge in [-0.05, 0) is 17.2 Å². The number of amides is 3. The number of hydrogen-bond acceptors (Lipinski definition) is 7. The van der Waals surface area contributed by atoms with E-state index in [2.05, 4.69) is 5.32 Å². The van der Waals surface area contributed by atoms with Gasteiger partial charge in [0.15, 0.2) is 5.78 Å². The molecule has 180 valence electrons. The summed E-state index contributed by atoms with van der Waals surface area (Å²) in [6.45, 7) is -0.0525. The molecule has 0 aromatic heterocycles. The number of nitrogens with two attached hydrogens (primary N) is 1. The van der Waals surface area contributed by atoms with E-state index in [0.717, 1.165) is 11.0 Å². The third-order valence-corrected chi connectivity index (χ3v) is 6.67. The molecule has 0 atom stereocenters. The van der Waals surface area contributed by atoms with Crippen molar-refractivity contribution in [3.63, 3.8) is 0 Å². The Balaban J connectivity index is 1.31. The van der Waals surface area contributed by atoms with Gasteiger partial charge in [0.1, 0.15) is 0 Å². The summed E-state index contributed by atoms with van der Waals surface area (Å²) in [7, 11) is 0. The third kappa shape index (κ3) is 3.19. The average Bonchev–Trinajstić information content (AvgIpc) is 3.37. The number of non-ortho nitro benzene ring substituents is 1. The number of ketones is 1. The van der Waals surface area contributed by atoms with Crippen molar-refractivity contribution in [2.45, 2.75) is 6.54 Å². The molecule has 6 rings (SSSR count). The van der Waals surface area contributed by atoms with Gasteiger partial charge in [-0.2, -0.15) is 0 Å². The second-order valence-corrected chi connectivity index (χ2v) is 8.75. The summed E-state index contributed by atoms with van der Waals surface area (Å²) >= 11 is 0. The Morgan fingerprint density at radius 2 is 1.49 bits per heavy atom. The summed E-state index contributed by atoms with van der Waals surface area (Å²) < 4.78 is 0. The Kier molecular flexibility index (Phi) is 4.67. The van der Waals surface area contributed by atoms with Crippen LogP contribution in [-0.4, -0.2) is 33.3 Å². The molecule has 3 aromatic rings. The molecular formula is C27H16N4O6. The quantitative estimate of drug-likeness (QED) is 0.323. The SMILES string of the molecule is NC1=C2C(=O)NC(c3ccc(CN4C(=O)c5ccc([N+](=O)[O-])cc5C4=O)cc3)=C2C(=O)c2ccccc21. The van der Waals surface area contributed by atoms with Gasteiger partial charge in [0.2, 0.25) is 0 Å². The Labute approximate surface area is 208 Å². The summed E-state index contributed by atoms with van der Waals surface area (Å²) in [6.07, 6.45) is 0. The highest BCUT2D eigenvalue weighted by atomic mass is 16.6. The summed E-state index contributed by atoms with van der Waals surface area (Å²) in [4.78, 5) is 63.0. The highest BCUT2D eigenvalue weighted by Gasteiger charge is 2.40. The van der Waals surface area contributed by atoms with Crippen molar-refractivity contribution in [3.8, 4) is 0 Å². The zero-order chi connectivity index (χ0) is 26.0. The van der Waals surface area contributed by atoms with E-state index in [1.54, 1.807) is 48.5 Å². The Morgan fingerprint density at radius 3 is 2.19 bits per heavy atom. The van der Waals surface area contributed by atoms with Crippen molar-refractivity contribution in [3.05, 3.63) is 121 Å². The minimum Gasteiger partial charge on any atom is -0.398 e. The molecule has 2 heterocycles. The number of imide groups is 1. The fourth-order valence-corrected chi connectivity index (χ4v) is 4.86. The van der Waals surface area contributed by atoms with Crippen LogP contribution in [0, 0.1) is 10.1 Å². The molecule has 10 heteroatoms. The molecule has 0 unspecified atom stereocenters. The number of carbonyl (C=O) groups is 4. The van der Waals surface area contributed by atoms with E-state index in [4.69, 9.17) is 5.73 Å². The van der Waals surface area contributed by atoms with Crippen LogP contribution in [0.25, 0.3) is 11.4 Å². The summed E-state index contributed by atoms with van der Waals surface area (Å²) in [5.74, 6) is -1.92. The van der Waals surface area contributed by atoms with Crippen LogP contribution < -0.4 is 11.1 Å². The minimum atomic E-state index is -0.624. The zero-order valence-electron chi connectivity index (χ0n) is 19.0. The van der Waals surface area contributed by atoms with E-state index in [9.17, 15) is 29.3 Å². The molecule has 2 aliphatic heterocycles. The topological polar surface area (TPSA) is 153 Å². The smallest absolute Gasteiger partial charge is 0.270 e. The maximum absolute atomic E-state index is 13.3. The zero-order valence-corrected chi connectivity index (χ0v) is 19.0. The number of nitro benzene ring substituents is 1. The fraction of sp³-hybridized carbons (Fsp3) is 0.0370.